The van der Waals surface area contributed by atoms with Gasteiger partial charge in [0.1, 0.15) is 5.41 Å². The van der Waals surface area contributed by atoms with Crippen LogP contribution in [-0.2, 0) is 4.79 Å². The number of carbonyl (C=O) groups excluding carboxylic acids is 1. The average Bonchev–Trinajstić information content (AvgIpc) is 2.42. The number of nitriles is 1. The van der Waals surface area contributed by atoms with Gasteiger partial charge < -0.3 is 5.32 Å². The lowest BCUT2D eigenvalue weighted by Crippen LogP contribution is -2.40. The Bertz CT molecular complexity index is 430. The Labute approximate surface area is 109 Å². The molecule has 1 atom stereocenters. The molecule has 96 valence electrons. The van der Waals surface area contributed by atoms with E-state index in [2.05, 4.69) is 11.4 Å². The second-order valence-corrected chi connectivity index (χ2v) is 4.51. The fourth-order valence-corrected chi connectivity index (χ4v) is 1.94. The van der Waals surface area contributed by atoms with E-state index in [9.17, 15) is 10.1 Å². The zero-order valence-corrected chi connectivity index (χ0v) is 11.2. The third kappa shape index (κ3) is 2.89. The van der Waals surface area contributed by atoms with Crippen LogP contribution in [0.25, 0.3) is 0 Å². The first-order valence-corrected chi connectivity index (χ1v) is 6.36. The van der Waals surface area contributed by atoms with Crippen molar-refractivity contribution in [3.05, 3.63) is 35.9 Å². The molecule has 18 heavy (non-hydrogen) atoms. The minimum absolute atomic E-state index is 0.0791. The maximum Gasteiger partial charge on any atom is 0.240 e. The molecule has 1 rings (SSSR count). The number of hydrogen-bond acceptors (Lipinski definition) is 2. The first-order valence-electron chi connectivity index (χ1n) is 6.36. The van der Waals surface area contributed by atoms with Crippen molar-refractivity contribution in [2.75, 3.05) is 0 Å². The Balaban J connectivity index is 2.79. The highest BCUT2D eigenvalue weighted by Gasteiger charge is 2.35. The van der Waals surface area contributed by atoms with Gasteiger partial charge in [0.25, 0.3) is 0 Å². The maximum atomic E-state index is 12.2. The van der Waals surface area contributed by atoms with Crippen LogP contribution in [0.1, 0.15) is 45.2 Å². The molecule has 1 aromatic rings. The number of nitrogens with zero attached hydrogens (tertiary/aromatic N) is 1. The van der Waals surface area contributed by atoms with Gasteiger partial charge in [-0.3, -0.25) is 4.79 Å². The van der Waals surface area contributed by atoms with Crippen molar-refractivity contribution in [2.24, 2.45) is 5.41 Å². The van der Waals surface area contributed by atoms with Crippen molar-refractivity contribution in [2.45, 2.75) is 39.7 Å². The Kier molecular flexibility index (Phi) is 4.91. The third-order valence-electron chi connectivity index (χ3n) is 3.50. The zero-order valence-electron chi connectivity index (χ0n) is 11.2. The van der Waals surface area contributed by atoms with E-state index in [0.29, 0.717) is 12.8 Å². The highest BCUT2D eigenvalue weighted by Crippen LogP contribution is 2.26. The van der Waals surface area contributed by atoms with Crippen molar-refractivity contribution < 1.29 is 4.79 Å². The van der Waals surface area contributed by atoms with Gasteiger partial charge in [-0.1, -0.05) is 44.2 Å². The lowest BCUT2D eigenvalue weighted by atomic mass is 9.82. The summed E-state index contributed by atoms with van der Waals surface area (Å²) in [4.78, 5) is 12.2. The molecule has 0 heterocycles. The van der Waals surface area contributed by atoms with E-state index >= 15 is 0 Å². The molecule has 0 aliphatic heterocycles. The minimum Gasteiger partial charge on any atom is -0.348 e. The monoisotopic (exact) mass is 244 g/mol. The second kappa shape index (κ2) is 6.20. The first-order chi connectivity index (χ1) is 8.59. The molecule has 0 saturated carbocycles. The number of nitrogens with one attached hydrogen (secondary N) is 1. The lowest BCUT2D eigenvalue weighted by molar-refractivity contribution is -0.129. The van der Waals surface area contributed by atoms with E-state index in [1.54, 1.807) is 0 Å². The first kappa shape index (κ1) is 14.2. The molecule has 3 heteroatoms. The summed E-state index contributed by atoms with van der Waals surface area (Å²) in [5.41, 5.74) is 0.146. The number of rotatable bonds is 5. The van der Waals surface area contributed by atoms with Crippen molar-refractivity contribution >= 4 is 5.91 Å². The highest BCUT2D eigenvalue weighted by atomic mass is 16.2. The van der Waals surface area contributed by atoms with Crippen molar-refractivity contribution in [1.29, 1.82) is 5.26 Å². The van der Waals surface area contributed by atoms with Gasteiger partial charge in [-0.15, -0.1) is 0 Å². The van der Waals surface area contributed by atoms with Crippen LogP contribution in [0.2, 0.25) is 0 Å². The molecule has 0 aromatic heterocycles. The van der Waals surface area contributed by atoms with E-state index < -0.39 is 5.41 Å². The summed E-state index contributed by atoms with van der Waals surface area (Å²) in [6.45, 7) is 5.68. The number of hydrogen-bond donors (Lipinski definition) is 1. The molecule has 1 N–H and O–H groups in total. The maximum absolute atomic E-state index is 12.2. The fourth-order valence-electron chi connectivity index (χ4n) is 1.94. The van der Waals surface area contributed by atoms with Crippen LogP contribution >= 0.6 is 0 Å². The molecule has 1 amide bonds. The summed E-state index contributed by atoms with van der Waals surface area (Å²) in [6, 6.07) is 11.8. The normalized spacial score (nSPS) is 12.6. The number of amides is 1. The molecule has 0 saturated heterocycles. The standard InChI is InChI=1S/C15H20N2O/c1-4-15(5-2,11-16)14(18)17-12(3)13-9-7-6-8-10-13/h6-10,12H,4-5H2,1-3H3,(H,17,18). The average molecular weight is 244 g/mol. The van der Waals surface area contributed by atoms with Gasteiger partial charge in [-0.05, 0) is 25.3 Å². The van der Waals surface area contributed by atoms with Crippen LogP contribution < -0.4 is 5.32 Å². The summed E-state index contributed by atoms with van der Waals surface area (Å²) in [7, 11) is 0. The van der Waals surface area contributed by atoms with Gasteiger partial charge in [-0.2, -0.15) is 5.26 Å². The van der Waals surface area contributed by atoms with Crippen LogP contribution in [-0.4, -0.2) is 5.91 Å². The molecule has 1 unspecified atom stereocenters. The lowest BCUT2D eigenvalue weighted by Gasteiger charge is -2.25. The highest BCUT2D eigenvalue weighted by molar-refractivity contribution is 5.85. The molecular weight excluding hydrogens is 224 g/mol. The van der Waals surface area contributed by atoms with E-state index in [4.69, 9.17) is 0 Å². The van der Waals surface area contributed by atoms with E-state index in [1.807, 2.05) is 51.1 Å². The van der Waals surface area contributed by atoms with Crippen molar-refractivity contribution in [1.82, 2.24) is 5.32 Å². The van der Waals surface area contributed by atoms with Crippen LogP contribution in [0, 0.1) is 16.7 Å². The molecule has 0 radical (unpaired) electrons. The molecule has 0 fully saturated rings. The molecule has 0 aliphatic carbocycles. The van der Waals surface area contributed by atoms with Crippen LogP contribution in [0.15, 0.2) is 30.3 Å². The van der Waals surface area contributed by atoms with Crippen molar-refractivity contribution in [3.63, 3.8) is 0 Å². The number of carbonyl (C=O) groups is 1. The van der Waals surface area contributed by atoms with Gasteiger partial charge in [-0.25, -0.2) is 0 Å². The minimum atomic E-state index is -0.900. The second-order valence-electron chi connectivity index (χ2n) is 4.51. The summed E-state index contributed by atoms with van der Waals surface area (Å²) in [5.74, 6) is -0.175. The summed E-state index contributed by atoms with van der Waals surface area (Å²) >= 11 is 0. The quantitative estimate of drug-likeness (QED) is 0.864. The SMILES string of the molecule is CCC(C#N)(CC)C(=O)NC(C)c1ccccc1. The van der Waals surface area contributed by atoms with E-state index in [1.165, 1.54) is 0 Å². The van der Waals surface area contributed by atoms with Crippen LogP contribution in [0.5, 0.6) is 0 Å². The van der Waals surface area contributed by atoms with Gasteiger partial charge in [0, 0.05) is 0 Å². The molecule has 3 nitrogen and oxygen atoms in total. The third-order valence-corrected chi connectivity index (χ3v) is 3.50. The molecule has 1 aromatic carbocycles. The Hall–Kier alpha value is -1.82. The fraction of sp³-hybridized carbons (Fsp3) is 0.467. The summed E-state index contributed by atoms with van der Waals surface area (Å²) in [5, 5.41) is 12.1. The number of benzene rings is 1. The Morgan fingerprint density at radius 2 is 1.89 bits per heavy atom. The zero-order chi connectivity index (χ0) is 13.6. The summed E-state index contributed by atoms with van der Waals surface area (Å²) in [6.07, 6.45) is 1.07. The molecule has 0 spiro atoms. The van der Waals surface area contributed by atoms with Gasteiger partial charge in [0.05, 0.1) is 12.1 Å². The molecular formula is C15H20N2O. The van der Waals surface area contributed by atoms with Gasteiger partial charge in [0.2, 0.25) is 5.91 Å². The van der Waals surface area contributed by atoms with Gasteiger partial charge in [0.15, 0.2) is 0 Å². The van der Waals surface area contributed by atoms with Crippen LogP contribution in [0.4, 0.5) is 0 Å². The van der Waals surface area contributed by atoms with Crippen LogP contribution in [0.3, 0.4) is 0 Å². The molecule has 0 aliphatic rings. The largest absolute Gasteiger partial charge is 0.348 e. The Morgan fingerprint density at radius 1 is 1.33 bits per heavy atom. The van der Waals surface area contributed by atoms with E-state index in [0.717, 1.165) is 5.56 Å². The van der Waals surface area contributed by atoms with E-state index in [-0.39, 0.29) is 11.9 Å². The van der Waals surface area contributed by atoms with Crippen molar-refractivity contribution in [3.8, 4) is 6.07 Å². The topological polar surface area (TPSA) is 52.9 Å². The summed E-state index contributed by atoms with van der Waals surface area (Å²) < 4.78 is 0. The predicted octanol–water partition coefficient (Wildman–Crippen LogP) is 3.19. The Morgan fingerprint density at radius 3 is 2.33 bits per heavy atom. The van der Waals surface area contributed by atoms with Gasteiger partial charge >= 0.3 is 0 Å². The molecule has 0 bridgehead atoms. The smallest absolute Gasteiger partial charge is 0.240 e. The predicted molar refractivity (Wildman–Crippen MR) is 71.6 cm³/mol.